The number of H-pyrrole nitrogens is 1. The van der Waals surface area contributed by atoms with Gasteiger partial charge in [0.15, 0.2) is 5.65 Å². The Morgan fingerprint density at radius 3 is 2.83 bits per heavy atom. The van der Waals surface area contributed by atoms with Gasteiger partial charge in [-0.1, -0.05) is 30.7 Å². The van der Waals surface area contributed by atoms with Gasteiger partial charge in [0.05, 0.1) is 29.8 Å². The van der Waals surface area contributed by atoms with Crippen molar-refractivity contribution < 1.29 is 4.79 Å². The molecule has 0 bridgehead atoms. The molecule has 1 fully saturated rings. The van der Waals surface area contributed by atoms with Gasteiger partial charge in [-0.2, -0.15) is 0 Å². The number of piperidine rings is 1. The van der Waals surface area contributed by atoms with Crippen LogP contribution in [0.4, 0.5) is 0 Å². The molecule has 3 aromatic heterocycles. The number of aromatic amines is 1. The smallest absolute Gasteiger partial charge is 0.227 e. The summed E-state index contributed by atoms with van der Waals surface area (Å²) >= 11 is 5.96. The lowest BCUT2D eigenvalue weighted by Gasteiger charge is -2.36. The van der Waals surface area contributed by atoms with Gasteiger partial charge in [-0.3, -0.25) is 9.20 Å². The molecule has 0 spiro atoms. The Kier molecular flexibility index (Phi) is 4.51. The number of nitrogens with one attached hydrogen (secondary N) is 1. The van der Waals surface area contributed by atoms with E-state index in [2.05, 4.69) is 21.3 Å². The Bertz CT molecular complexity index is 1180. The normalized spacial score (nSPS) is 19.9. The summed E-state index contributed by atoms with van der Waals surface area (Å²) in [5, 5.41) is 0.685. The molecule has 2 unspecified atom stereocenters. The monoisotopic (exact) mass is 407 g/mol. The molecule has 1 N–H and O–H groups in total. The first-order chi connectivity index (χ1) is 14.1. The van der Waals surface area contributed by atoms with Crippen LogP contribution >= 0.6 is 11.6 Å². The maximum atomic E-state index is 13.0. The van der Waals surface area contributed by atoms with Crippen LogP contribution < -0.4 is 0 Å². The molecule has 1 aliphatic heterocycles. The summed E-state index contributed by atoms with van der Waals surface area (Å²) in [6, 6.07) is 9.53. The molecule has 2 atom stereocenters. The first-order valence-corrected chi connectivity index (χ1v) is 10.3. The summed E-state index contributed by atoms with van der Waals surface area (Å²) in [4.78, 5) is 27.3. The van der Waals surface area contributed by atoms with Crippen LogP contribution in [-0.2, 0) is 11.2 Å². The minimum atomic E-state index is 0.151. The van der Waals surface area contributed by atoms with Gasteiger partial charge in [0, 0.05) is 30.2 Å². The minimum absolute atomic E-state index is 0.151. The van der Waals surface area contributed by atoms with Crippen LogP contribution in [0, 0.1) is 5.92 Å². The van der Waals surface area contributed by atoms with Crippen LogP contribution in [0.1, 0.15) is 30.7 Å². The van der Waals surface area contributed by atoms with E-state index in [0.29, 0.717) is 23.9 Å². The third kappa shape index (κ3) is 3.27. The van der Waals surface area contributed by atoms with E-state index in [1.165, 1.54) is 0 Å². The fourth-order valence-corrected chi connectivity index (χ4v) is 4.41. The second kappa shape index (κ2) is 7.19. The van der Waals surface area contributed by atoms with E-state index in [1.54, 1.807) is 0 Å². The molecule has 0 aliphatic carbocycles. The maximum absolute atomic E-state index is 13.0. The van der Waals surface area contributed by atoms with Crippen molar-refractivity contribution in [2.75, 3.05) is 13.1 Å². The number of carbonyl (C=O) groups excluding carboxylic acids is 1. The van der Waals surface area contributed by atoms with Crippen LogP contribution in [0.2, 0.25) is 5.02 Å². The molecule has 1 aromatic carbocycles. The molecule has 148 valence electrons. The van der Waals surface area contributed by atoms with Crippen molar-refractivity contribution in [2.24, 2.45) is 5.92 Å². The number of rotatable bonds is 3. The molecule has 6 nitrogen and oxygen atoms in total. The van der Waals surface area contributed by atoms with Gasteiger partial charge >= 0.3 is 0 Å². The highest BCUT2D eigenvalue weighted by atomic mass is 35.5. The number of aromatic nitrogens is 4. The lowest BCUT2D eigenvalue weighted by atomic mass is 9.86. The second-order valence-electron chi connectivity index (χ2n) is 7.86. The Labute approximate surface area is 173 Å². The number of benzene rings is 1. The Morgan fingerprint density at radius 1 is 1.21 bits per heavy atom. The standard InChI is InChI=1S/C22H22ClN5O/c1-14-7-9-27(20(29)10-15-2-4-16(23)5-3-15)13-18(14)22-26-12-17-11-25-21-19(28(17)22)6-8-24-21/h2-6,8,11-12,14,18,24H,7,9-10,13H2,1H3. The van der Waals surface area contributed by atoms with Crippen molar-refractivity contribution in [3.63, 3.8) is 0 Å². The topological polar surface area (TPSA) is 66.3 Å². The lowest BCUT2D eigenvalue weighted by molar-refractivity contribution is -0.132. The van der Waals surface area contributed by atoms with Crippen LogP contribution in [-0.4, -0.2) is 43.2 Å². The fraction of sp³-hybridized carbons (Fsp3) is 0.318. The van der Waals surface area contributed by atoms with Crippen molar-refractivity contribution in [1.82, 2.24) is 24.3 Å². The van der Waals surface area contributed by atoms with Gasteiger partial charge in [0.1, 0.15) is 5.82 Å². The molecular weight excluding hydrogens is 386 g/mol. The van der Waals surface area contributed by atoms with Crippen molar-refractivity contribution in [3.8, 4) is 0 Å². The van der Waals surface area contributed by atoms with E-state index in [4.69, 9.17) is 16.6 Å². The lowest BCUT2D eigenvalue weighted by Crippen LogP contribution is -2.43. The van der Waals surface area contributed by atoms with Crippen LogP contribution in [0.5, 0.6) is 0 Å². The van der Waals surface area contributed by atoms with Gasteiger partial charge in [0.2, 0.25) is 5.91 Å². The predicted octanol–water partition coefficient (Wildman–Crippen LogP) is 4.06. The molecule has 0 saturated carbocycles. The molecular formula is C22H22ClN5O. The molecule has 0 radical (unpaired) electrons. The van der Waals surface area contributed by atoms with Gasteiger partial charge in [0.25, 0.3) is 0 Å². The number of hydrogen-bond acceptors (Lipinski definition) is 3. The number of nitrogens with zero attached hydrogens (tertiary/aromatic N) is 4. The van der Waals surface area contributed by atoms with Crippen molar-refractivity contribution >= 4 is 34.2 Å². The SMILES string of the molecule is CC1CCN(C(=O)Cc2ccc(Cl)cc2)CC1c1ncc2cnc3[nH]ccc3n12. The number of carbonyl (C=O) groups is 1. The molecule has 5 rings (SSSR count). The Morgan fingerprint density at radius 2 is 2.00 bits per heavy atom. The summed E-state index contributed by atoms with van der Waals surface area (Å²) in [5.41, 5.74) is 3.83. The zero-order valence-corrected chi connectivity index (χ0v) is 16.9. The number of amides is 1. The molecule has 4 aromatic rings. The quantitative estimate of drug-likeness (QED) is 0.557. The van der Waals surface area contributed by atoms with Gasteiger partial charge in [-0.15, -0.1) is 0 Å². The number of fused-ring (bicyclic) bond motifs is 3. The van der Waals surface area contributed by atoms with Gasteiger partial charge < -0.3 is 9.88 Å². The summed E-state index contributed by atoms with van der Waals surface area (Å²) < 4.78 is 2.17. The highest BCUT2D eigenvalue weighted by Gasteiger charge is 2.32. The van der Waals surface area contributed by atoms with Crippen molar-refractivity contribution in [1.29, 1.82) is 0 Å². The minimum Gasteiger partial charge on any atom is -0.345 e. The maximum Gasteiger partial charge on any atom is 0.227 e. The summed E-state index contributed by atoms with van der Waals surface area (Å²) in [6.45, 7) is 3.72. The number of hydrogen-bond donors (Lipinski definition) is 1. The third-order valence-corrected chi connectivity index (χ3v) is 6.25. The zero-order valence-electron chi connectivity index (χ0n) is 16.2. The first-order valence-electron chi connectivity index (χ1n) is 9.92. The van der Waals surface area contributed by atoms with Crippen molar-refractivity contribution in [3.05, 3.63) is 65.3 Å². The molecule has 29 heavy (non-hydrogen) atoms. The average molecular weight is 408 g/mol. The molecule has 7 heteroatoms. The van der Waals surface area contributed by atoms with E-state index < -0.39 is 0 Å². The van der Waals surface area contributed by atoms with E-state index in [1.807, 2.05) is 53.8 Å². The van der Waals surface area contributed by atoms with E-state index in [-0.39, 0.29) is 11.8 Å². The first kappa shape index (κ1) is 18.2. The van der Waals surface area contributed by atoms with E-state index in [0.717, 1.165) is 41.0 Å². The number of halogens is 1. The number of imidazole rings is 1. The molecule has 1 aliphatic rings. The van der Waals surface area contributed by atoms with Crippen LogP contribution in [0.25, 0.3) is 16.7 Å². The molecule has 4 heterocycles. The van der Waals surface area contributed by atoms with E-state index >= 15 is 0 Å². The highest BCUT2D eigenvalue weighted by molar-refractivity contribution is 6.30. The molecule has 1 saturated heterocycles. The summed E-state index contributed by atoms with van der Waals surface area (Å²) in [6.07, 6.45) is 6.97. The largest absolute Gasteiger partial charge is 0.345 e. The molecule has 1 amide bonds. The van der Waals surface area contributed by atoms with Crippen LogP contribution in [0.15, 0.2) is 48.9 Å². The van der Waals surface area contributed by atoms with Gasteiger partial charge in [-0.25, -0.2) is 9.97 Å². The van der Waals surface area contributed by atoms with Gasteiger partial charge in [-0.05, 0) is 36.1 Å². The highest BCUT2D eigenvalue weighted by Crippen LogP contribution is 2.33. The average Bonchev–Trinajstić information content (AvgIpc) is 3.36. The Hall–Kier alpha value is -2.86. The second-order valence-corrected chi connectivity index (χ2v) is 8.30. The third-order valence-electron chi connectivity index (χ3n) is 6.00. The predicted molar refractivity (Wildman–Crippen MR) is 113 cm³/mol. The summed E-state index contributed by atoms with van der Waals surface area (Å²) in [5.74, 6) is 1.78. The van der Waals surface area contributed by atoms with Crippen molar-refractivity contribution in [2.45, 2.75) is 25.7 Å². The Balaban J connectivity index is 1.43. The number of likely N-dealkylation sites (tertiary alicyclic amines) is 1. The fourth-order valence-electron chi connectivity index (χ4n) is 4.28. The van der Waals surface area contributed by atoms with E-state index in [9.17, 15) is 4.79 Å². The zero-order chi connectivity index (χ0) is 20.0. The summed E-state index contributed by atoms with van der Waals surface area (Å²) in [7, 11) is 0. The van der Waals surface area contributed by atoms with Crippen LogP contribution in [0.3, 0.4) is 0 Å².